The smallest absolute Gasteiger partial charge is 0.224 e. The van der Waals surface area contributed by atoms with E-state index in [-0.39, 0.29) is 31.3 Å². The normalized spacial score (nSPS) is 16.4. The summed E-state index contributed by atoms with van der Waals surface area (Å²) in [6.07, 6.45) is 2.91. The van der Waals surface area contributed by atoms with Gasteiger partial charge in [-0.15, -0.1) is 0 Å². The first-order chi connectivity index (χ1) is 14.8. The van der Waals surface area contributed by atoms with Gasteiger partial charge in [-0.25, -0.2) is 4.39 Å². The van der Waals surface area contributed by atoms with Gasteiger partial charge in [0.25, 0.3) is 0 Å². The van der Waals surface area contributed by atoms with E-state index in [0.717, 1.165) is 32.7 Å². The predicted octanol–water partition coefficient (Wildman–Crippen LogP) is 3.40. The van der Waals surface area contributed by atoms with Crippen LogP contribution >= 0.6 is 0 Å². The van der Waals surface area contributed by atoms with E-state index < -0.39 is 16.9 Å². The number of methoxy groups -OCH3 is 1. The van der Waals surface area contributed by atoms with Crippen molar-refractivity contribution in [1.29, 1.82) is 0 Å². The lowest BCUT2D eigenvalue weighted by molar-refractivity contribution is -0.120. The fourth-order valence-electron chi connectivity index (χ4n) is 3.61. The second-order valence-electron chi connectivity index (χ2n) is 7.46. The molecule has 0 aromatic heterocycles. The standard InChI is InChI=1S/C24H26FNO4S/c1-15-21(10-16-4-7-19(8-5-16)31(3)29)20-9-6-17(25)11-23(20)22(15)12-24(28)26-13-18(27)14-30-2/h4-11,18,27H,12-14H2,1-3H3,(H,26,28)/b21-10+/t18-,31-/m0/s1. The molecule has 0 spiro atoms. The largest absolute Gasteiger partial charge is 0.389 e. The molecule has 5 nitrogen and oxygen atoms in total. The molecule has 164 valence electrons. The Morgan fingerprint density at radius 3 is 2.58 bits per heavy atom. The van der Waals surface area contributed by atoms with Gasteiger partial charge in [-0.3, -0.25) is 9.00 Å². The maximum Gasteiger partial charge on any atom is 0.224 e. The van der Waals surface area contributed by atoms with Crippen LogP contribution in [0.1, 0.15) is 30.0 Å². The predicted molar refractivity (Wildman–Crippen MR) is 121 cm³/mol. The van der Waals surface area contributed by atoms with Crippen LogP contribution in [0.4, 0.5) is 4.39 Å². The number of hydrogen-bond donors (Lipinski definition) is 2. The van der Waals surface area contributed by atoms with Crippen molar-refractivity contribution in [3.05, 3.63) is 70.5 Å². The Morgan fingerprint density at radius 2 is 1.94 bits per heavy atom. The highest BCUT2D eigenvalue weighted by Crippen LogP contribution is 2.43. The van der Waals surface area contributed by atoms with Gasteiger partial charge < -0.3 is 15.2 Å². The van der Waals surface area contributed by atoms with Crippen molar-refractivity contribution in [1.82, 2.24) is 5.32 Å². The molecule has 2 aromatic carbocycles. The van der Waals surface area contributed by atoms with Gasteiger partial charge in [-0.1, -0.05) is 18.2 Å². The molecule has 0 saturated heterocycles. The van der Waals surface area contributed by atoms with Crippen LogP contribution in [-0.2, 0) is 20.3 Å². The van der Waals surface area contributed by atoms with Gasteiger partial charge in [-0.2, -0.15) is 0 Å². The summed E-state index contributed by atoms with van der Waals surface area (Å²) >= 11 is 0. The maximum atomic E-state index is 14.0. The number of carbonyl (C=O) groups excluding carboxylic acids is 1. The molecule has 7 heteroatoms. The zero-order valence-electron chi connectivity index (χ0n) is 17.8. The summed E-state index contributed by atoms with van der Waals surface area (Å²) in [5.41, 5.74) is 5.06. The van der Waals surface area contributed by atoms with Gasteiger partial charge in [0.15, 0.2) is 0 Å². The summed E-state index contributed by atoms with van der Waals surface area (Å²) in [6.45, 7) is 2.14. The number of aliphatic hydroxyl groups excluding tert-OH is 1. The van der Waals surface area contributed by atoms with Crippen LogP contribution in [0.5, 0.6) is 0 Å². The van der Waals surface area contributed by atoms with Crippen molar-refractivity contribution in [2.24, 2.45) is 0 Å². The van der Waals surface area contributed by atoms with Crippen LogP contribution in [0.15, 0.2) is 52.9 Å². The Balaban J connectivity index is 1.90. The number of ether oxygens (including phenoxy) is 1. The summed E-state index contributed by atoms with van der Waals surface area (Å²) in [7, 11) is 0.430. The molecule has 0 aliphatic heterocycles. The van der Waals surface area contributed by atoms with Crippen molar-refractivity contribution >= 4 is 33.9 Å². The Morgan fingerprint density at radius 1 is 1.23 bits per heavy atom. The fraction of sp³-hybridized carbons (Fsp3) is 0.292. The maximum absolute atomic E-state index is 14.0. The number of halogens is 1. The van der Waals surface area contributed by atoms with E-state index in [1.165, 1.54) is 19.2 Å². The summed E-state index contributed by atoms with van der Waals surface area (Å²) in [6, 6.07) is 12.0. The summed E-state index contributed by atoms with van der Waals surface area (Å²) in [5.74, 6) is -0.619. The quantitative estimate of drug-likeness (QED) is 0.656. The Kier molecular flexibility index (Phi) is 7.54. The zero-order chi connectivity index (χ0) is 22.5. The Bertz CT molecular complexity index is 1060. The molecule has 0 saturated carbocycles. The van der Waals surface area contributed by atoms with E-state index in [1.807, 2.05) is 37.3 Å². The minimum Gasteiger partial charge on any atom is -0.389 e. The highest BCUT2D eigenvalue weighted by molar-refractivity contribution is 7.84. The number of amides is 1. The molecule has 0 heterocycles. The number of fused-ring (bicyclic) bond motifs is 1. The Hall–Kier alpha value is -2.61. The molecule has 31 heavy (non-hydrogen) atoms. The molecule has 0 radical (unpaired) electrons. The molecule has 2 aromatic rings. The number of hydrogen-bond acceptors (Lipinski definition) is 4. The third-order valence-corrected chi connectivity index (χ3v) is 6.14. The van der Waals surface area contributed by atoms with E-state index >= 15 is 0 Å². The first-order valence-corrected chi connectivity index (χ1v) is 11.4. The van der Waals surface area contributed by atoms with E-state index in [2.05, 4.69) is 5.32 Å². The summed E-state index contributed by atoms with van der Waals surface area (Å²) in [5, 5.41) is 12.4. The monoisotopic (exact) mass is 443 g/mol. The number of rotatable bonds is 8. The lowest BCUT2D eigenvalue weighted by Gasteiger charge is -2.12. The minimum atomic E-state index is -1.05. The SMILES string of the molecule is COC[C@@H](O)CNC(=O)CC1=C(C)/C(=C\c2ccc([S@](C)=O)cc2)c2ccc(F)cc21. The molecular formula is C24H26FNO4S. The molecule has 0 unspecified atom stereocenters. The molecule has 0 fully saturated rings. The van der Waals surface area contributed by atoms with Gasteiger partial charge in [0, 0.05) is 35.6 Å². The lowest BCUT2D eigenvalue weighted by Crippen LogP contribution is -2.34. The van der Waals surface area contributed by atoms with Crippen LogP contribution in [0.2, 0.25) is 0 Å². The van der Waals surface area contributed by atoms with Crippen LogP contribution in [-0.4, -0.2) is 47.8 Å². The van der Waals surface area contributed by atoms with Crippen molar-refractivity contribution in [2.45, 2.75) is 24.3 Å². The van der Waals surface area contributed by atoms with Crippen molar-refractivity contribution in [2.75, 3.05) is 26.5 Å². The van der Waals surface area contributed by atoms with Crippen LogP contribution in [0, 0.1) is 5.82 Å². The molecule has 0 bridgehead atoms. The number of carbonyl (C=O) groups is 1. The number of benzene rings is 2. The number of allylic oxidation sites excluding steroid dienone is 2. The molecular weight excluding hydrogens is 417 g/mol. The second-order valence-corrected chi connectivity index (χ2v) is 8.84. The highest BCUT2D eigenvalue weighted by atomic mass is 32.2. The van der Waals surface area contributed by atoms with Crippen molar-refractivity contribution in [3.63, 3.8) is 0 Å². The highest BCUT2D eigenvalue weighted by Gasteiger charge is 2.26. The average Bonchev–Trinajstić information content (AvgIpc) is 2.98. The first-order valence-electron chi connectivity index (χ1n) is 9.89. The molecule has 1 amide bonds. The van der Waals surface area contributed by atoms with Gasteiger partial charge in [0.1, 0.15) is 5.82 Å². The van der Waals surface area contributed by atoms with E-state index in [9.17, 15) is 18.5 Å². The topological polar surface area (TPSA) is 75.6 Å². The molecule has 2 atom stereocenters. The van der Waals surface area contributed by atoms with Crippen LogP contribution in [0.25, 0.3) is 17.2 Å². The number of nitrogens with one attached hydrogen (secondary N) is 1. The first kappa shape index (κ1) is 23.1. The minimum absolute atomic E-state index is 0.0765. The van der Waals surface area contributed by atoms with Crippen LogP contribution < -0.4 is 5.32 Å². The zero-order valence-corrected chi connectivity index (χ0v) is 18.6. The van der Waals surface area contributed by atoms with E-state index in [4.69, 9.17) is 4.74 Å². The van der Waals surface area contributed by atoms with Gasteiger partial charge in [-0.05, 0) is 70.7 Å². The Labute approximate surface area is 184 Å². The molecule has 1 aliphatic rings. The van der Waals surface area contributed by atoms with E-state index in [0.29, 0.717) is 5.56 Å². The van der Waals surface area contributed by atoms with Crippen molar-refractivity contribution < 1.29 is 23.2 Å². The third kappa shape index (κ3) is 5.55. The third-order valence-electron chi connectivity index (χ3n) is 5.21. The van der Waals surface area contributed by atoms with Gasteiger partial charge in [0.05, 0.1) is 19.1 Å². The molecule has 2 N–H and O–H groups in total. The molecule has 3 rings (SSSR count). The fourth-order valence-corrected chi connectivity index (χ4v) is 4.13. The lowest BCUT2D eigenvalue weighted by atomic mass is 10.0. The second kappa shape index (κ2) is 10.1. The van der Waals surface area contributed by atoms with Gasteiger partial charge in [0.2, 0.25) is 5.91 Å². The summed E-state index contributed by atoms with van der Waals surface area (Å²) in [4.78, 5) is 13.2. The summed E-state index contributed by atoms with van der Waals surface area (Å²) < 4.78 is 30.5. The molecule has 1 aliphatic carbocycles. The van der Waals surface area contributed by atoms with Crippen LogP contribution in [0.3, 0.4) is 0 Å². The average molecular weight is 444 g/mol. The number of aliphatic hydroxyl groups is 1. The van der Waals surface area contributed by atoms with Gasteiger partial charge >= 0.3 is 0 Å². The van der Waals surface area contributed by atoms with E-state index in [1.54, 1.807) is 12.3 Å². The van der Waals surface area contributed by atoms with Crippen molar-refractivity contribution in [3.8, 4) is 0 Å².